The summed E-state index contributed by atoms with van der Waals surface area (Å²) < 4.78 is 44.2. The van der Waals surface area contributed by atoms with Gasteiger partial charge >= 0.3 is 6.18 Å². The summed E-state index contributed by atoms with van der Waals surface area (Å²) in [5.74, 6) is -0.119. The third kappa shape index (κ3) is 4.28. The standard InChI is InChI=1S/C20H22F3N5O3/c1-11-16-18(31-27-11)17(14-5-4-12(9-15(14)30)20(21,22)23)25-26-19(16)24-13-3-2-6-28(10-13)7-8-29/h4-5,9,13,29-30H,2-3,6-8,10H2,1H3,(H,24,26)/t13-/m1/s1. The molecule has 166 valence electrons. The number of piperidine rings is 1. The molecule has 0 saturated carbocycles. The van der Waals surface area contributed by atoms with Gasteiger partial charge in [0.25, 0.3) is 0 Å². The van der Waals surface area contributed by atoms with Crippen LogP contribution in [0.2, 0.25) is 0 Å². The third-order valence-corrected chi connectivity index (χ3v) is 5.41. The molecule has 0 amide bonds. The molecule has 0 spiro atoms. The maximum Gasteiger partial charge on any atom is 0.416 e. The van der Waals surface area contributed by atoms with Crippen LogP contribution in [0.1, 0.15) is 24.1 Å². The highest BCUT2D eigenvalue weighted by Gasteiger charge is 2.32. The lowest BCUT2D eigenvalue weighted by molar-refractivity contribution is -0.137. The highest BCUT2D eigenvalue weighted by molar-refractivity contribution is 5.98. The molecule has 11 heteroatoms. The number of aromatic nitrogens is 3. The second kappa shape index (κ2) is 8.31. The SMILES string of the molecule is Cc1noc2c(-c3ccc(C(F)(F)F)cc3O)nnc(N[C@@H]3CCCN(CCO)C3)c12. The summed E-state index contributed by atoms with van der Waals surface area (Å²) in [5, 5.41) is 35.6. The molecule has 1 aromatic carbocycles. The zero-order chi connectivity index (χ0) is 22.2. The van der Waals surface area contributed by atoms with Gasteiger partial charge in [0.2, 0.25) is 0 Å². The quantitative estimate of drug-likeness (QED) is 0.559. The highest BCUT2D eigenvalue weighted by Crippen LogP contribution is 2.39. The first-order chi connectivity index (χ1) is 14.8. The number of nitrogens with zero attached hydrogens (tertiary/aromatic N) is 4. The first-order valence-corrected chi connectivity index (χ1v) is 9.91. The van der Waals surface area contributed by atoms with Gasteiger partial charge in [-0.05, 0) is 44.5 Å². The van der Waals surface area contributed by atoms with Gasteiger partial charge in [-0.15, -0.1) is 10.2 Å². The van der Waals surface area contributed by atoms with Crippen molar-refractivity contribution in [1.29, 1.82) is 0 Å². The second-order valence-electron chi connectivity index (χ2n) is 7.61. The van der Waals surface area contributed by atoms with Crippen molar-refractivity contribution in [1.82, 2.24) is 20.3 Å². The summed E-state index contributed by atoms with van der Waals surface area (Å²) in [4.78, 5) is 2.15. The summed E-state index contributed by atoms with van der Waals surface area (Å²) >= 11 is 0. The van der Waals surface area contributed by atoms with E-state index in [4.69, 9.17) is 4.52 Å². The lowest BCUT2D eigenvalue weighted by Crippen LogP contribution is -2.43. The van der Waals surface area contributed by atoms with Crippen molar-refractivity contribution < 1.29 is 27.9 Å². The molecule has 0 bridgehead atoms. The summed E-state index contributed by atoms with van der Waals surface area (Å²) in [6.45, 7) is 4.06. The van der Waals surface area contributed by atoms with E-state index in [1.807, 2.05) is 0 Å². The fourth-order valence-electron chi connectivity index (χ4n) is 3.90. The molecule has 3 heterocycles. The van der Waals surface area contributed by atoms with Crippen molar-refractivity contribution in [2.24, 2.45) is 0 Å². The number of aromatic hydroxyl groups is 1. The van der Waals surface area contributed by atoms with Gasteiger partial charge in [-0.25, -0.2) is 0 Å². The average molecular weight is 437 g/mol. The highest BCUT2D eigenvalue weighted by atomic mass is 19.4. The minimum atomic E-state index is -4.57. The van der Waals surface area contributed by atoms with E-state index >= 15 is 0 Å². The van der Waals surface area contributed by atoms with E-state index < -0.39 is 17.5 Å². The third-order valence-electron chi connectivity index (χ3n) is 5.41. The van der Waals surface area contributed by atoms with E-state index in [2.05, 4.69) is 25.6 Å². The molecule has 1 fully saturated rings. The smallest absolute Gasteiger partial charge is 0.416 e. The van der Waals surface area contributed by atoms with Gasteiger partial charge in [-0.2, -0.15) is 13.2 Å². The van der Waals surface area contributed by atoms with Crippen LogP contribution < -0.4 is 5.32 Å². The van der Waals surface area contributed by atoms with Crippen LogP contribution in [0, 0.1) is 6.92 Å². The molecule has 3 N–H and O–H groups in total. The number of hydrogen-bond acceptors (Lipinski definition) is 8. The van der Waals surface area contributed by atoms with Crippen LogP contribution >= 0.6 is 0 Å². The van der Waals surface area contributed by atoms with Gasteiger partial charge in [-0.1, -0.05) is 5.16 Å². The molecular formula is C20H22F3N5O3. The van der Waals surface area contributed by atoms with Gasteiger partial charge in [0.1, 0.15) is 11.4 Å². The van der Waals surface area contributed by atoms with E-state index in [0.717, 1.165) is 38.1 Å². The van der Waals surface area contributed by atoms with E-state index in [1.54, 1.807) is 6.92 Å². The van der Waals surface area contributed by atoms with Gasteiger partial charge < -0.3 is 20.1 Å². The summed E-state index contributed by atoms with van der Waals surface area (Å²) in [6.07, 6.45) is -2.69. The Hall–Kier alpha value is -2.92. The van der Waals surface area contributed by atoms with Crippen LogP contribution in [-0.2, 0) is 6.18 Å². The first kappa shape index (κ1) is 21.3. The number of β-amino-alcohol motifs (C(OH)–C–C–N with tert-alkyl or cyclic N) is 1. The molecule has 31 heavy (non-hydrogen) atoms. The summed E-state index contributed by atoms with van der Waals surface area (Å²) in [6, 6.07) is 2.74. The molecule has 0 aliphatic carbocycles. The molecule has 1 aliphatic heterocycles. The number of nitrogens with one attached hydrogen (secondary N) is 1. The topological polar surface area (TPSA) is 108 Å². The average Bonchev–Trinajstić information content (AvgIpc) is 3.11. The number of phenols is 1. The molecule has 4 rings (SSSR count). The Labute approximate surface area is 175 Å². The number of aliphatic hydroxyl groups is 1. The zero-order valence-corrected chi connectivity index (χ0v) is 16.8. The Morgan fingerprint density at radius 3 is 2.81 bits per heavy atom. The van der Waals surface area contributed by atoms with E-state index in [-0.39, 0.29) is 29.5 Å². The second-order valence-corrected chi connectivity index (χ2v) is 7.61. The molecule has 8 nitrogen and oxygen atoms in total. The first-order valence-electron chi connectivity index (χ1n) is 9.91. The van der Waals surface area contributed by atoms with Crippen LogP contribution in [0.15, 0.2) is 22.7 Å². The van der Waals surface area contributed by atoms with Crippen LogP contribution in [0.5, 0.6) is 5.75 Å². The van der Waals surface area contributed by atoms with Crippen molar-refractivity contribution in [3.05, 3.63) is 29.5 Å². The minimum Gasteiger partial charge on any atom is -0.507 e. The molecule has 0 radical (unpaired) electrons. The van der Waals surface area contributed by atoms with Crippen LogP contribution in [-0.4, -0.2) is 62.7 Å². The number of benzene rings is 1. The number of phenolic OH excluding ortho intramolecular Hbond substituents is 1. The van der Waals surface area contributed by atoms with Crippen molar-refractivity contribution in [3.63, 3.8) is 0 Å². The number of alkyl halides is 3. The predicted molar refractivity (Wildman–Crippen MR) is 107 cm³/mol. The number of fused-ring (bicyclic) bond motifs is 1. The van der Waals surface area contributed by atoms with Gasteiger partial charge in [0.05, 0.1) is 23.3 Å². The monoisotopic (exact) mass is 437 g/mol. The number of anilines is 1. The van der Waals surface area contributed by atoms with E-state index in [0.29, 0.717) is 29.5 Å². The number of halogens is 3. The van der Waals surface area contributed by atoms with Gasteiger partial charge in [0.15, 0.2) is 11.4 Å². The van der Waals surface area contributed by atoms with E-state index in [9.17, 15) is 23.4 Å². The molecule has 1 aliphatic rings. The summed E-state index contributed by atoms with van der Waals surface area (Å²) in [7, 11) is 0. The van der Waals surface area contributed by atoms with Crippen LogP contribution in [0.3, 0.4) is 0 Å². The fraction of sp³-hybridized carbons (Fsp3) is 0.450. The van der Waals surface area contributed by atoms with Crippen molar-refractivity contribution in [2.45, 2.75) is 32.0 Å². The zero-order valence-electron chi connectivity index (χ0n) is 16.8. The molecule has 2 aromatic heterocycles. The Morgan fingerprint density at radius 1 is 1.29 bits per heavy atom. The molecular weight excluding hydrogens is 415 g/mol. The number of aryl methyl sites for hydroxylation is 1. The number of rotatable bonds is 5. The Kier molecular flexibility index (Phi) is 5.71. The van der Waals surface area contributed by atoms with Gasteiger partial charge in [-0.3, -0.25) is 4.90 Å². The predicted octanol–water partition coefficient (Wildman–Crippen LogP) is 3.19. The van der Waals surface area contributed by atoms with Crippen LogP contribution in [0.4, 0.5) is 19.0 Å². The fourth-order valence-corrected chi connectivity index (χ4v) is 3.90. The van der Waals surface area contributed by atoms with Crippen molar-refractivity contribution in [3.8, 4) is 17.0 Å². The Bertz CT molecular complexity index is 1080. The molecule has 0 unspecified atom stereocenters. The van der Waals surface area contributed by atoms with E-state index in [1.165, 1.54) is 0 Å². The lowest BCUT2D eigenvalue weighted by atomic mass is 10.0. The van der Waals surface area contributed by atoms with Gasteiger partial charge in [0, 0.05) is 24.7 Å². The van der Waals surface area contributed by atoms with Crippen molar-refractivity contribution in [2.75, 3.05) is 31.6 Å². The number of hydrogen-bond donors (Lipinski definition) is 3. The van der Waals surface area contributed by atoms with Crippen molar-refractivity contribution >= 4 is 16.8 Å². The largest absolute Gasteiger partial charge is 0.507 e. The maximum atomic E-state index is 12.9. The van der Waals surface area contributed by atoms with Crippen LogP contribution in [0.25, 0.3) is 22.2 Å². The Morgan fingerprint density at radius 2 is 2.10 bits per heavy atom. The molecule has 1 saturated heterocycles. The summed E-state index contributed by atoms with van der Waals surface area (Å²) in [5.41, 5.74) is -0.0104. The minimum absolute atomic E-state index is 0.0694. The molecule has 3 aromatic rings. The number of aliphatic hydroxyl groups excluding tert-OH is 1. The number of likely N-dealkylation sites (tertiary alicyclic amines) is 1. The maximum absolute atomic E-state index is 12.9. The normalized spacial score (nSPS) is 17.9. The lowest BCUT2D eigenvalue weighted by Gasteiger charge is -2.32. The Balaban J connectivity index is 1.68. The molecule has 1 atom stereocenters.